The molecule has 0 aliphatic carbocycles. The Bertz CT molecular complexity index is 492. The first-order chi connectivity index (χ1) is 7.18. The molecule has 2 heterocycles. The third-order valence-corrected chi connectivity index (χ3v) is 2.44. The van der Waals surface area contributed by atoms with Gasteiger partial charge in [-0.2, -0.15) is 0 Å². The van der Waals surface area contributed by atoms with Crippen molar-refractivity contribution in [1.82, 2.24) is 9.97 Å². The fourth-order valence-corrected chi connectivity index (χ4v) is 1.61. The molecule has 3 heteroatoms. The van der Waals surface area contributed by atoms with Crippen molar-refractivity contribution in [3.8, 4) is 11.1 Å². The molecule has 0 fully saturated rings. The second kappa shape index (κ2) is 3.69. The number of rotatable bonds is 1. The Balaban J connectivity index is 2.60. The van der Waals surface area contributed by atoms with Crippen LogP contribution in [0.4, 0.5) is 5.82 Å². The molecule has 0 atom stereocenters. The molecule has 3 nitrogen and oxygen atoms in total. The number of nitrogen functional groups attached to an aromatic ring is 1. The molecule has 0 bridgehead atoms. The van der Waals surface area contributed by atoms with Crippen LogP contribution in [0.1, 0.15) is 11.3 Å². The summed E-state index contributed by atoms with van der Waals surface area (Å²) in [5, 5.41) is 0. The van der Waals surface area contributed by atoms with E-state index in [2.05, 4.69) is 16.9 Å². The molecule has 0 radical (unpaired) electrons. The molecule has 0 aromatic carbocycles. The molecule has 0 saturated carbocycles. The minimum absolute atomic E-state index is 0.554. The van der Waals surface area contributed by atoms with Gasteiger partial charge in [-0.05, 0) is 37.6 Å². The van der Waals surface area contributed by atoms with Gasteiger partial charge in [0.05, 0.1) is 0 Å². The number of pyridine rings is 2. The average molecular weight is 199 g/mol. The Labute approximate surface area is 89.0 Å². The van der Waals surface area contributed by atoms with E-state index in [9.17, 15) is 0 Å². The second-order valence-electron chi connectivity index (χ2n) is 3.56. The van der Waals surface area contributed by atoms with Crippen molar-refractivity contribution in [2.75, 3.05) is 5.73 Å². The first kappa shape index (κ1) is 9.65. The molecule has 0 spiro atoms. The summed E-state index contributed by atoms with van der Waals surface area (Å²) >= 11 is 0. The summed E-state index contributed by atoms with van der Waals surface area (Å²) in [6.45, 7) is 4.02. The van der Waals surface area contributed by atoms with Gasteiger partial charge in [0.2, 0.25) is 0 Å². The topological polar surface area (TPSA) is 51.8 Å². The van der Waals surface area contributed by atoms with E-state index in [0.29, 0.717) is 5.82 Å². The van der Waals surface area contributed by atoms with Gasteiger partial charge >= 0.3 is 0 Å². The van der Waals surface area contributed by atoms with E-state index in [4.69, 9.17) is 5.73 Å². The lowest BCUT2D eigenvalue weighted by Gasteiger charge is -2.08. The largest absolute Gasteiger partial charge is 0.384 e. The van der Waals surface area contributed by atoms with Gasteiger partial charge in [0, 0.05) is 29.2 Å². The summed E-state index contributed by atoms with van der Waals surface area (Å²) in [7, 11) is 0. The number of nitrogens with two attached hydrogens (primary N) is 1. The van der Waals surface area contributed by atoms with E-state index < -0.39 is 0 Å². The summed E-state index contributed by atoms with van der Waals surface area (Å²) in [5.74, 6) is 0.554. The maximum absolute atomic E-state index is 5.62. The molecule has 0 aliphatic heterocycles. The second-order valence-corrected chi connectivity index (χ2v) is 3.56. The zero-order valence-corrected chi connectivity index (χ0v) is 8.86. The van der Waals surface area contributed by atoms with Crippen molar-refractivity contribution in [2.45, 2.75) is 13.8 Å². The Kier molecular flexibility index (Phi) is 2.37. The van der Waals surface area contributed by atoms with Crippen molar-refractivity contribution < 1.29 is 0 Å². The lowest BCUT2D eigenvalue weighted by molar-refractivity contribution is 1.20. The Morgan fingerprint density at radius 3 is 2.53 bits per heavy atom. The number of hydrogen-bond donors (Lipinski definition) is 1. The minimum atomic E-state index is 0.554. The third-order valence-electron chi connectivity index (χ3n) is 2.44. The standard InChI is InChI=1S/C12H13N3/c1-8-5-6-14-7-11(8)10-3-4-12(13)15-9(10)2/h3-7H,1-2H3,(H2,13,15). The number of aryl methyl sites for hydroxylation is 2. The van der Waals surface area contributed by atoms with E-state index in [0.717, 1.165) is 16.8 Å². The van der Waals surface area contributed by atoms with Crippen LogP contribution in [0, 0.1) is 13.8 Å². The van der Waals surface area contributed by atoms with Crippen molar-refractivity contribution >= 4 is 5.82 Å². The van der Waals surface area contributed by atoms with Crippen LogP contribution in [0.3, 0.4) is 0 Å². The molecule has 2 rings (SSSR count). The fraction of sp³-hybridized carbons (Fsp3) is 0.167. The monoisotopic (exact) mass is 199 g/mol. The molecule has 0 amide bonds. The SMILES string of the molecule is Cc1ccncc1-c1ccc(N)nc1C. The van der Waals surface area contributed by atoms with Crippen molar-refractivity contribution in [1.29, 1.82) is 0 Å². The van der Waals surface area contributed by atoms with Gasteiger partial charge in [0.25, 0.3) is 0 Å². The highest BCUT2D eigenvalue weighted by Gasteiger charge is 2.05. The number of nitrogens with zero attached hydrogens (tertiary/aromatic N) is 2. The first-order valence-corrected chi connectivity index (χ1v) is 4.82. The summed E-state index contributed by atoms with van der Waals surface area (Å²) < 4.78 is 0. The smallest absolute Gasteiger partial charge is 0.123 e. The van der Waals surface area contributed by atoms with E-state index in [1.807, 2.05) is 31.3 Å². The van der Waals surface area contributed by atoms with E-state index in [1.165, 1.54) is 5.56 Å². The lowest BCUT2D eigenvalue weighted by Crippen LogP contribution is -1.95. The van der Waals surface area contributed by atoms with Crippen LogP contribution in [0.25, 0.3) is 11.1 Å². The van der Waals surface area contributed by atoms with Crippen LogP contribution >= 0.6 is 0 Å². The number of hydrogen-bond acceptors (Lipinski definition) is 3. The van der Waals surface area contributed by atoms with Gasteiger partial charge in [-0.3, -0.25) is 4.98 Å². The predicted octanol–water partition coefficient (Wildman–Crippen LogP) is 2.34. The normalized spacial score (nSPS) is 10.3. The van der Waals surface area contributed by atoms with Crippen molar-refractivity contribution in [3.05, 3.63) is 41.9 Å². The van der Waals surface area contributed by atoms with Gasteiger partial charge in [-0.15, -0.1) is 0 Å². The highest BCUT2D eigenvalue weighted by Crippen LogP contribution is 2.24. The maximum atomic E-state index is 5.62. The minimum Gasteiger partial charge on any atom is -0.384 e. The van der Waals surface area contributed by atoms with Gasteiger partial charge in [0.15, 0.2) is 0 Å². The van der Waals surface area contributed by atoms with E-state index in [-0.39, 0.29) is 0 Å². The van der Waals surface area contributed by atoms with Gasteiger partial charge in [0.1, 0.15) is 5.82 Å². The molecular weight excluding hydrogens is 186 g/mol. The van der Waals surface area contributed by atoms with Crippen LogP contribution in [0.15, 0.2) is 30.6 Å². The highest BCUT2D eigenvalue weighted by molar-refractivity contribution is 5.69. The van der Waals surface area contributed by atoms with E-state index >= 15 is 0 Å². The van der Waals surface area contributed by atoms with Crippen LogP contribution in [0.5, 0.6) is 0 Å². The fourth-order valence-electron chi connectivity index (χ4n) is 1.61. The number of aromatic nitrogens is 2. The molecule has 0 unspecified atom stereocenters. The van der Waals surface area contributed by atoms with Crippen LogP contribution in [0.2, 0.25) is 0 Å². The summed E-state index contributed by atoms with van der Waals surface area (Å²) in [6.07, 6.45) is 3.65. The molecule has 0 aliphatic rings. The molecule has 15 heavy (non-hydrogen) atoms. The lowest BCUT2D eigenvalue weighted by atomic mass is 10.0. The van der Waals surface area contributed by atoms with Crippen LogP contribution < -0.4 is 5.73 Å². The Morgan fingerprint density at radius 1 is 1.07 bits per heavy atom. The predicted molar refractivity (Wildman–Crippen MR) is 61.4 cm³/mol. The van der Waals surface area contributed by atoms with Crippen LogP contribution in [-0.4, -0.2) is 9.97 Å². The zero-order valence-electron chi connectivity index (χ0n) is 8.86. The summed E-state index contributed by atoms with van der Waals surface area (Å²) in [5.41, 5.74) is 9.95. The number of anilines is 1. The molecule has 2 aromatic rings. The van der Waals surface area contributed by atoms with E-state index in [1.54, 1.807) is 6.20 Å². The van der Waals surface area contributed by atoms with Gasteiger partial charge in [-0.25, -0.2) is 4.98 Å². The van der Waals surface area contributed by atoms with Gasteiger partial charge in [-0.1, -0.05) is 0 Å². The molecule has 76 valence electrons. The zero-order chi connectivity index (χ0) is 10.8. The van der Waals surface area contributed by atoms with Gasteiger partial charge < -0.3 is 5.73 Å². The summed E-state index contributed by atoms with van der Waals surface area (Å²) in [4.78, 5) is 8.37. The maximum Gasteiger partial charge on any atom is 0.123 e. The molecule has 2 aromatic heterocycles. The average Bonchev–Trinajstić information content (AvgIpc) is 2.20. The third kappa shape index (κ3) is 1.81. The van der Waals surface area contributed by atoms with Crippen molar-refractivity contribution in [3.63, 3.8) is 0 Å². The Morgan fingerprint density at radius 2 is 1.87 bits per heavy atom. The Hall–Kier alpha value is -1.90. The molecule has 2 N–H and O–H groups in total. The summed E-state index contributed by atoms with van der Waals surface area (Å²) in [6, 6.07) is 5.79. The molecular formula is C12H13N3. The highest BCUT2D eigenvalue weighted by atomic mass is 14.8. The first-order valence-electron chi connectivity index (χ1n) is 4.82. The van der Waals surface area contributed by atoms with Crippen LogP contribution in [-0.2, 0) is 0 Å². The molecule has 0 saturated heterocycles. The van der Waals surface area contributed by atoms with Crippen molar-refractivity contribution in [2.24, 2.45) is 0 Å². The quantitative estimate of drug-likeness (QED) is 0.767.